The summed E-state index contributed by atoms with van der Waals surface area (Å²) in [6.45, 7) is 3.11. The van der Waals surface area contributed by atoms with Gasteiger partial charge in [-0.1, -0.05) is 12.8 Å². The van der Waals surface area contributed by atoms with Gasteiger partial charge in [-0.3, -0.25) is 20.2 Å². The molecule has 0 unspecified atom stereocenters. The van der Waals surface area contributed by atoms with Crippen LogP contribution >= 0.6 is 0 Å². The highest BCUT2D eigenvalue weighted by atomic mass is 16.6. The molecule has 0 amide bonds. The van der Waals surface area contributed by atoms with Gasteiger partial charge in [0.15, 0.2) is 11.3 Å². The quantitative estimate of drug-likeness (QED) is 0.427. The summed E-state index contributed by atoms with van der Waals surface area (Å²) < 4.78 is 10.0. The van der Waals surface area contributed by atoms with E-state index in [4.69, 9.17) is 9.37 Å². The van der Waals surface area contributed by atoms with Crippen LogP contribution < -0.4 is 15.0 Å². The maximum absolute atomic E-state index is 11.9. The van der Waals surface area contributed by atoms with Crippen molar-refractivity contribution >= 4 is 39.5 Å². The molecule has 2 heterocycles. The number of nitrogens with zero attached hydrogens (tertiary/aromatic N) is 5. The SMILES string of the molecule is COc1cc(Nc2cc(N3CCCCCC3)c([N+](=O)[O-])c3nonc23)c(C)cc1[N+](=O)[O-]. The predicted octanol–water partition coefficient (Wildman–Crippen LogP) is 4.48. The Morgan fingerprint density at radius 2 is 1.69 bits per heavy atom. The van der Waals surface area contributed by atoms with Crippen LogP contribution in [-0.2, 0) is 0 Å². The van der Waals surface area contributed by atoms with Crippen LogP contribution in [0.4, 0.5) is 28.4 Å². The van der Waals surface area contributed by atoms with Crippen LogP contribution in [0.2, 0.25) is 0 Å². The molecule has 1 aliphatic rings. The summed E-state index contributed by atoms with van der Waals surface area (Å²) >= 11 is 0. The first-order chi connectivity index (χ1) is 15.4. The minimum Gasteiger partial charge on any atom is -0.490 e. The third kappa shape index (κ3) is 3.86. The lowest BCUT2D eigenvalue weighted by molar-refractivity contribution is -0.385. The van der Waals surface area contributed by atoms with E-state index in [0.29, 0.717) is 35.7 Å². The fourth-order valence-corrected chi connectivity index (χ4v) is 4.00. The Morgan fingerprint density at radius 3 is 2.31 bits per heavy atom. The van der Waals surface area contributed by atoms with Crippen molar-refractivity contribution in [2.75, 3.05) is 30.4 Å². The molecule has 2 aromatic carbocycles. The fourth-order valence-electron chi connectivity index (χ4n) is 4.00. The van der Waals surface area contributed by atoms with Crippen molar-refractivity contribution in [1.29, 1.82) is 0 Å². The van der Waals surface area contributed by atoms with Gasteiger partial charge in [-0.15, -0.1) is 0 Å². The fraction of sp³-hybridized carbons (Fsp3) is 0.400. The lowest BCUT2D eigenvalue weighted by Crippen LogP contribution is -2.25. The maximum atomic E-state index is 11.9. The Labute approximate surface area is 182 Å². The van der Waals surface area contributed by atoms with Crippen molar-refractivity contribution in [2.24, 2.45) is 0 Å². The van der Waals surface area contributed by atoms with E-state index < -0.39 is 9.85 Å². The van der Waals surface area contributed by atoms with Gasteiger partial charge in [0.2, 0.25) is 5.52 Å². The number of hydrogen-bond acceptors (Lipinski definition) is 10. The number of aryl methyl sites for hydroxylation is 1. The van der Waals surface area contributed by atoms with Crippen molar-refractivity contribution in [1.82, 2.24) is 10.3 Å². The number of nitro benzene ring substituents is 2. The smallest absolute Gasteiger partial charge is 0.323 e. The van der Waals surface area contributed by atoms with E-state index in [-0.39, 0.29) is 28.2 Å². The molecule has 1 aliphatic heterocycles. The van der Waals surface area contributed by atoms with Gasteiger partial charge >= 0.3 is 11.4 Å². The molecule has 0 bridgehead atoms. The monoisotopic (exact) mass is 442 g/mol. The first-order valence-corrected chi connectivity index (χ1v) is 10.2. The van der Waals surface area contributed by atoms with Gasteiger partial charge in [-0.2, -0.15) is 0 Å². The Morgan fingerprint density at radius 1 is 1.00 bits per heavy atom. The Bertz CT molecular complexity index is 1190. The minimum atomic E-state index is -0.515. The third-order valence-corrected chi connectivity index (χ3v) is 5.61. The van der Waals surface area contributed by atoms with Crippen LogP contribution in [0.5, 0.6) is 5.75 Å². The molecule has 0 spiro atoms. The second-order valence-electron chi connectivity index (χ2n) is 7.63. The number of nitrogens with one attached hydrogen (secondary N) is 1. The average Bonchev–Trinajstić information content (AvgIpc) is 3.09. The van der Waals surface area contributed by atoms with Gasteiger partial charge in [-0.25, -0.2) is 4.63 Å². The molecular weight excluding hydrogens is 420 g/mol. The summed E-state index contributed by atoms with van der Waals surface area (Å²) in [5.74, 6) is 0.0901. The van der Waals surface area contributed by atoms with E-state index in [1.807, 2.05) is 4.90 Å². The van der Waals surface area contributed by atoms with Gasteiger partial charge in [0.05, 0.1) is 22.6 Å². The van der Waals surface area contributed by atoms with E-state index in [2.05, 4.69) is 15.6 Å². The highest BCUT2D eigenvalue weighted by Crippen LogP contribution is 2.42. The molecule has 32 heavy (non-hydrogen) atoms. The number of ether oxygens (including phenoxy) is 1. The summed E-state index contributed by atoms with van der Waals surface area (Å²) in [6.07, 6.45) is 4.03. The van der Waals surface area contributed by atoms with Gasteiger partial charge in [0, 0.05) is 30.9 Å². The zero-order chi connectivity index (χ0) is 22.8. The van der Waals surface area contributed by atoms with E-state index in [1.54, 1.807) is 13.0 Å². The van der Waals surface area contributed by atoms with E-state index >= 15 is 0 Å². The molecule has 0 radical (unpaired) electrons. The van der Waals surface area contributed by atoms with E-state index in [9.17, 15) is 20.2 Å². The first kappa shape index (κ1) is 21.3. The number of rotatable bonds is 6. The highest BCUT2D eigenvalue weighted by Gasteiger charge is 2.29. The Hall–Kier alpha value is -3.96. The molecule has 3 aromatic rings. The topological polar surface area (TPSA) is 150 Å². The number of anilines is 3. The van der Waals surface area contributed by atoms with Gasteiger partial charge in [0.25, 0.3) is 0 Å². The van der Waals surface area contributed by atoms with E-state index in [0.717, 1.165) is 25.7 Å². The van der Waals surface area contributed by atoms with Gasteiger partial charge in [0.1, 0.15) is 5.69 Å². The van der Waals surface area contributed by atoms with Crippen LogP contribution in [0.1, 0.15) is 31.2 Å². The number of methoxy groups -OCH3 is 1. The molecule has 1 saturated heterocycles. The van der Waals surface area contributed by atoms with Gasteiger partial charge in [-0.05, 0) is 41.7 Å². The first-order valence-electron chi connectivity index (χ1n) is 10.2. The summed E-state index contributed by atoms with van der Waals surface area (Å²) in [6, 6.07) is 4.59. The highest BCUT2D eigenvalue weighted by molar-refractivity contribution is 6.01. The van der Waals surface area contributed by atoms with Crippen LogP contribution in [-0.4, -0.2) is 40.4 Å². The zero-order valence-electron chi connectivity index (χ0n) is 17.7. The van der Waals surface area contributed by atoms with Crippen molar-refractivity contribution in [3.05, 3.63) is 44.0 Å². The molecule has 1 aromatic heterocycles. The van der Waals surface area contributed by atoms with Crippen molar-refractivity contribution in [3.63, 3.8) is 0 Å². The Balaban J connectivity index is 1.85. The molecule has 12 nitrogen and oxygen atoms in total. The summed E-state index contributed by atoms with van der Waals surface area (Å²) in [5, 5.41) is 34.1. The van der Waals surface area contributed by atoms with Crippen molar-refractivity contribution in [3.8, 4) is 5.75 Å². The summed E-state index contributed by atoms with van der Waals surface area (Å²) in [4.78, 5) is 24.3. The molecule has 12 heteroatoms. The zero-order valence-corrected chi connectivity index (χ0v) is 17.7. The largest absolute Gasteiger partial charge is 0.490 e. The number of aromatic nitrogens is 2. The van der Waals surface area contributed by atoms with E-state index in [1.165, 1.54) is 19.2 Å². The maximum Gasteiger partial charge on any atom is 0.323 e. The van der Waals surface area contributed by atoms with Crippen LogP contribution in [0.15, 0.2) is 22.8 Å². The predicted molar refractivity (Wildman–Crippen MR) is 117 cm³/mol. The standard InChI is InChI=1S/C20H22N6O6/c1-12-9-15(25(27)28)17(31-2)11-13(12)21-14-10-16(24-7-5-3-4-6-8-24)20(26(29)30)19-18(14)22-32-23-19/h9-11,21H,3-8H2,1-2H3. The molecule has 1 N–H and O–H groups in total. The lowest BCUT2D eigenvalue weighted by Gasteiger charge is -2.23. The van der Waals surface area contributed by atoms with Crippen LogP contribution in [0.25, 0.3) is 11.0 Å². The second-order valence-corrected chi connectivity index (χ2v) is 7.63. The number of benzene rings is 2. The van der Waals surface area contributed by atoms with Gasteiger partial charge < -0.3 is 15.0 Å². The van der Waals surface area contributed by atoms with Crippen molar-refractivity contribution in [2.45, 2.75) is 32.6 Å². The molecular formula is C20H22N6O6. The average molecular weight is 442 g/mol. The molecule has 0 aliphatic carbocycles. The third-order valence-electron chi connectivity index (χ3n) is 5.61. The number of hydrogen-bond donors (Lipinski definition) is 1. The number of fused-ring (bicyclic) bond motifs is 1. The van der Waals surface area contributed by atoms with Crippen molar-refractivity contribution < 1.29 is 19.2 Å². The van der Waals surface area contributed by atoms with Crippen LogP contribution in [0.3, 0.4) is 0 Å². The Kier molecular flexibility index (Phi) is 5.75. The number of nitro groups is 2. The summed E-state index contributed by atoms with van der Waals surface area (Å²) in [7, 11) is 1.35. The molecule has 0 atom stereocenters. The normalized spacial score (nSPS) is 14.2. The second kappa shape index (κ2) is 8.65. The molecule has 1 fully saturated rings. The lowest BCUT2D eigenvalue weighted by atomic mass is 10.1. The van der Waals surface area contributed by atoms with Crippen LogP contribution in [0, 0.1) is 27.2 Å². The summed E-state index contributed by atoms with van der Waals surface area (Å²) in [5.41, 5.74) is 1.96. The molecule has 0 saturated carbocycles. The molecule has 168 valence electrons. The minimum absolute atomic E-state index is 0.0470. The molecule has 4 rings (SSSR count).